The van der Waals surface area contributed by atoms with Crippen molar-refractivity contribution in [1.29, 1.82) is 0 Å². The van der Waals surface area contributed by atoms with Crippen molar-refractivity contribution in [3.63, 3.8) is 0 Å². The summed E-state index contributed by atoms with van der Waals surface area (Å²) in [5.74, 6) is -3.22. The molecule has 3 amide bonds. The summed E-state index contributed by atoms with van der Waals surface area (Å²) in [5.41, 5.74) is -0.471. The predicted molar refractivity (Wildman–Crippen MR) is 160 cm³/mol. The molecule has 3 saturated heterocycles. The van der Waals surface area contributed by atoms with Gasteiger partial charge in [-0.15, -0.1) is 13.2 Å². The molecule has 3 aliphatic rings. The number of hydrogen-bond donors (Lipinski definition) is 2. The van der Waals surface area contributed by atoms with Crippen LogP contribution in [0.3, 0.4) is 0 Å². The van der Waals surface area contributed by atoms with Crippen LogP contribution in [0.5, 0.6) is 0 Å². The molecule has 6 atom stereocenters. The van der Waals surface area contributed by atoms with Crippen LogP contribution in [0.25, 0.3) is 0 Å². The fraction of sp³-hybridized carbons (Fsp3) is 0.576. The lowest BCUT2D eigenvalue weighted by molar-refractivity contribution is -0.160. The maximum Gasteiger partial charge on any atom is 0.313 e. The zero-order valence-electron chi connectivity index (χ0n) is 25.1. The number of rotatable bonds is 17. The fourth-order valence-corrected chi connectivity index (χ4v) is 6.86. The number of unbranched alkanes of at least 4 members (excludes halogenated alkanes) is 2. The van der Waals surface area contributed by atoms with Crippen LogP contribution in [0.1, 0.15) is 63.5 Å². The van der Waals surface area contributed by atoms with Crippen molar-refractivity contribution in [1.82, 2.24) is 15.1 Å². The number of carbonyl (C=O) groups is 4. The molecular weight excluding hydrogens is 550 g/mol. The number of nitrogens with one attached hydrogen (secondary N) is 1. The highest BCUT2D eigenvalue weighted by atomic mass is 16.6. The zero-order valence-corrected chi connectivity index (χ0v) is 25.1. The smallest absolute Gasteiger partial charge is 0.313 e. The zero-order chi connectivity index (χ0) is 31.0. The van der Waals surface area contributed by atoms with E-state index in [2.05, 4.69) is 25.4 Å². The van der Waals surface area contributed by atoms with Gasteiger partial charge in [-0.05, 0) is 31.2 Å². The summed E-state index contributed by atoms with van der Waals surface area (Å²) in [5, 5.41) is 12.7. The van der Waals surface area contributed by atoms with Gasteiger partial charge in [0.15, 0.2) is 0 Å². The third-order valence-electron chi connectivity index (χ3n) is 8.83. The van der Waals surface area contributed by atoms with Crippen molar-refractivity contribution in [3.05, 3.63) is 61.2 Å². The highest BCUT2D eigenvalue weighted by Crippen LogP contribution is 2.59. The lowest BCUT2D eigenvalue weighted by Crippen LogP contribution is -2.56. The number of nitrogens with zero attached hydrogens (tertiary/aromatic N) is 2. The first-order chi connectivity index (χ1) is 20.8. The van der Waals surface area contributed by atoms with Gasteiger partial charge < -0.3 is 29.7 Å². The van der Waals surface area contributed by atoms with E-state index in [-0.39, 0.29) is 43.8 Å². The lowest BCUT2D eigenvalue weighted by atomic mass is 9.70. The van der Waals surface area contributed by atoms with Crippen LogP contribution in [0.4, 0.5) is 0 Å². The number of benzene rings is 1. The molecule has 234 valence electrons. The molecule has 4 rings (SSSR count). The Bertz CT molecular complexity index is 1170. The second kappa shape index (κ2) is 14.8. The van der Waals surface area contributed by atoms with E-state index >= 15 is 0 Å². The number of esters is 1. The summed E-state index contributed by atoms with van der Waals surface area (Å²) < 4.78 is 12.5. The highest BCUT2D eigenvalue weighted by Gasteiger charge is 2.75. The molecule has 0 unspecified atom stereocenters. The Morgan fingerprint density at radius 3 is 2.67 bits per heavy atom. The number of ether oxygens (including phenoxy) is 2. The van der Waals surface area contributed by atoms with E-state index in [9.17, 15) is 24.3 Å². The monoisotopic (exact) mass is 595 g/mol. The Kier molecular flexibility index (Phi) is 11.2. The molecular formula is C33H45N3O7. The molecule has 2 N–H and O–H groups in total. The van der Waals surface area contributed by atoms with E-state index in [0.29, 0.717) is 37.9 Å². The summed E-state index contributed by atoms with van der Waals surface area (Å²) >= 11 is 0. The number of β-amino-alcohol motifs (C(OH)–C–C–N with tert-alkyl or cyclic N) is 1. The van der Waals surface area contributed by atoms with Crippen LogP contribution in [0.15, 0.2) is 55.6 Å². The van der Waals surface area contributed by atoms with Crippen molar-refractivity contribution in [3.8, 4) is 0 Å². The number of allylic oxidation sites excluding steroid dienone is 1. The summed E-state index contributed by atoms with van der Waals surface area (Å²) in [6.45, 7) is 10.1. The Morgan fingerprint density at radius 2 is 2.00 bits per heavy atom. The summed E-state index contributed by atoms with van der Waals surface area (Å²) in [6.07, 6.45) is 6.52. The first kappa shape index (κ1) is 32.4. The summed E-state index contributed by atoms with van der Waals surface area (Å²) in [7, 11) is 0. The van der Waals surface area contributed by atoms with E-state index < -0.39 is 41.7 Å². The molecule has 1 aromatic rings. The molecule has 0 radical (unpaired) electrons. The summed E-state index contributed by atoms with van der Waals surface area (Å²) in [6, 6.07) is 8.18. The van der Waals surface area contributed by atoms with Gasteiger partial charge >= 0.3 is 5.97 Å². The number of hydrogen-bond acceptors (Lipinski definition) is 7. The lowest BCUT2D eigenvalue weighted by Gasteiger charge is -2.36. The average Bonchev–Trinajstić information content (AvgIpc) is 3.65. The van der Waals surface area contributed by atoms with Crippen LogP contribution in [-0.2, 0) is 28.7 Å². The molecule has 0 saturated carbocycles. The number of fused-ring (bicyclic) bond motifs is 1. The molecule has 43 heavy (non-hydrogen) atoms. The van der Waals surface area contributed by atoms with Crippen LogP contribution < -0.4 is 5.32 Å². The van der Waals surface area contributed by atoms with Gasteiger partial charge in [-0.25, -0.2) is 0 Å². The number of likely N-dealkylation sites (tertiary alicyclic amines) is 1. The van der Waals surface area contributed by atoms with E-state index in [1.807, 2.05) is 30.3 Å². The van der Waals surface area contributed by atoms with Gasteiger partial charge in [-0.1, -0.05) is 62.2 Å². The number of amides is 3. The molecule has 3 aliphatic heterocycles. The molecule has 0 aliphatic carbocycles. The number of carbonyl (C=O) groups excluding carboxylic acids is 4. The molecule has 3 fully saturated rings. The molecule has 2 bridgehead atoms. The first-order valence-electron chi connectivity index (χ1n) is 15.4. The van der Waals surface area contributed by atoms with Gasteiger partial charge in [0.1, 0.15) is 17.7 Å². The topological polar surface area (TPSA) is 125 Å². The normalized spacial score (nSPS) is 26.1. The Hall–Kier alpha value is -3.50. The molecule has 3 heterocycles. The quantitative estimate of drug-likeness (QED) is 0.161. The first-order valence-corrected chi connectivity index (χ1v) is 15.4. The Labute approximate surface area is 254 Å². The van der Waals surface area contributed by atoms with Crippen molar-refractivity contribution in [2.24, 2.45) is 11.8 Å². The second-order valence-corrected chi connectivity index (χ2v) is 11.6. The third kappa shape index (κ3) is 6.70. The average molecular weight is 596 g/mol. The standard InChI is InChI=1S/C33H45N3O7/c1-4-7-12-19-35(18-6-3)31(40)29-33-17-16-24(43-33)27(28(33)30(39)36(29)20-21-37)32(41)42-25(23-13-10-9-11-14-23)22-34-26(38)15-8-5-2/h5-6,9-11,13-14,24-25,27-29,37H,2-4,7-8,12,15-22H2,1H3,(H,34,38)/t24-,25-,27+,28+,29-,33+/m1/s1. The van der Waals surface area contributed by atoms with Crippen molar-refractivity contribution >= 4 is 23.7 Å². The number of aliphatic hydroxyl groups excluding tert-OH is 1. The van der Waals surface area contributed by atoms with Crippen LogP contribution in [-0.4, -0.2) is 89.1 Å². The second-order valence-electron chi connectivity index (χ2n) is 11.6. The molecule has 0 aromatic heterocycles. The van der Waals surface area contributed by atoms with Crippen LogP contribution in [0, 0.1) is 11.8 Å². The molecule has 10 heteroatoms. The third-order valence-corrected chi connectivity index (χ3v) is 8.83. The SMILES string of the molecule is C=CCCC(=O)NC[C@@H](OC(=O)[C@@H]1[C@H]2C(=O)N(CCO)[C@H](C(=O)N(CC=C)CCCCC)[C@]23CC[C@H]1O3)c1ccccc1. The van der Waals surface area contributed by atoms with Gasteiger partial charge in [0.25, 0.3) is 0 Å². The maximum atomic E-state index is 14.1. The summed E-state index contributed by atoms with van der Waals surface area (Å²) in [4.78, 5) is 57.4. The fourth-order valence-electron chi connectivity index (χ4n) is 6.86. The van der Waals surface area contributed by atoms with Gasteiger partial charge in [0.2, 0.25) is 17.7 Å². The minimum atomic E-state index is -1.18. The van der Waals surface area contributed by atoms with Crippen LogP contribution >= 0.6 is 0 Å². The maximum absolute atomic E-state index is 14.1. The van der Waals surface area contributed by atoms with E-state index in [1.165, 1.54) is 4.90 Å². The van der Waals surface area contributed by atoms with Gasteiger partial charge in [-0.2, -0.15) is 0 Å². The van der Waals surface area contributed by atoms with Crippen molar-refractivity contribution in [2.75, 3.05) is 32.8 Å². The van der Waals surface area contributed by atoms with Crippen molar-refractivity contribution < 1.29 is 33.8 Å². The predicted octanol–water partition coefficient (Wildman–Crippen LogP) is 2.93. The highest BCUT2D eigenvalue weighted by molar-refractivity contribution is 5.98. The number of aliphatic hydroxyl groups is 1. The minimum absolute atomic E-state index is 0.0381. The van der Waals surface area contributed by atoms with E-state index in [1.54, 1.807) is 17.1 Å². The Balaban J connectivity index is 1.59. The van der Waals surface area contributed by atoms with Crippen LogP contribution in [0.2, 0.25) is 0 Å². The molecule has 1 spiro atoms. The van der Waals surface area contributed by atoms with Gasteiger partial charge in [0, 0.05) is 26.1 Å². The van der Waals surface area contributed by atoms with Gasteiger partial charge in [0.05, 0.1) is 31.1 Å². The largest absolute Gasteiger partial charge is 0.455 e. The molecule has 10 nitrogen and oxygen atoms in total. The van der Waals surface area contributed by atoms with Crippen molar-refractivity contribution in [2.45, 2.75) is 75.7 Å². The van der Waals surface area contributed by atoms with Gasteiger partial charge in [-0.3, -0.25) is 19.2 Å². The molecule has 1 aromatic carbocycles. The Morgan fingerprint density at radius 1 is 1.23 bits per heavy atom. The van der Waals surface area contributed by atoms with E-state index in [4.69, 9.17) is 9.47 Å². The van der Waals surface area contributed by atoms with E-state index in [0.717, 1.165) is 19.3 Å². The minimum Gasteiger partial charge on any atom is -0.455 e.